The van der Waals surface area contributed by atoms with Crippen LogP contribution in [0.1, 0.15) is 11.3 Å². The van der Waals surface area contributed by atoms with E-state index in [9.17, 15) is 0 Å². The van der Waals surface area contributed by atoms with Gasteiger partial charge in [0.2, 0.25) is 0 Å². The highest BCUT2D eigenvalue weighted by Gasteiger charge is 2.13. The summed E-state index contributed by atoms with van der Waals surface area (Å²) < 4.78 is 0. The molecule has 1 aromatic rings. The lowest BCUT2D eigenvalue weighted by Gasteiger charge is -2.29. The van der Waals surface area contributed by atoms with Crippen LogP contribution in [-0.2, 0) is 11.4 Å². The topological polar surface area (TPSA) is 12.5 Å². The van der Waals surface area contributed by atoms with Gasteiger partial charge in [0, 0.05) is 18.0 Å². The molecule has 1 saturated heterocycles. The first-order chi connectivity index (χ1) is 5.45. The molecule has 0 unspecified atom stereocenters. The molecule has 1 aliphatic rings. The molecule has 0 atom stereocenters. The molecule has 0 spiro atoms. The molecular formula is C8H11NOS. The number of nitrogens with zero attached hydrogens (tertiary/aromatic N) is 1. The zero-order chi connectivity index (χ0) is 7.52. The summed E-state index contributed by atoms with van der Waals surface area (Å²) in [7, 11) is 0. The molecule has 0 aromatic carbocycles. The summed E-state index contributed by atoms with van der Waals surface area (Å²) in [6, 6.07) is 4.16. The lowest BCUT2D eigenvalue weighted by molar-refractivity contribution is -0.205. The smallest absolute Gasteiger partial charge is 0.103 e. The van der Waals surface area contributed by atoms with Crippen molar-refractivity contribution in [3.8, 4) is 0 Å². The van der Waals surface area contributed by atoms with E-state index in [0.717, 1.165) is 19.7 Å². The van der Waals surface area contributed by atoms with Crippen LogP contribution in [0.25, 0.3) is 0 Å². The number of rotatable bonds is 3. The third-order valence-electron chi connectivity index (χ3n) is 1.78. The fourth-order valence-electron chi connectivity index (χ4n) is 0.966. The molecule has 2 rings (SSSR count). The van der Waals surface area contributed by atoms with E-state index in [4.69, 9.17) is 4.84 Å². The van der Waals surface area contributed by atoms with Gasteiger partial charge in [0.15, 0.2) is 0 Å². The molecule has 0 bridgehead atoms. The summed E-state index contributed by atoms with van der Waals surface area (Å²) in [6.45, 7) is 2.95. The minimum absolute atomic E-state index is 0.748. The van der Waals surface area contributed by atoms with Crippen molar-refractivity contribution >= 4 is 11.3 Å². The summed E-state index contributed by atoms with van der Waals surface area (Å²) in [5.41, 5.74) is 0. The molecule has 2 heterocycles. The monoisotopic (exact) mass is 169 g/mol. The van der Waals surface area contributed by atoms with E-state index in [2.05, 4.69) is 17.5 Å². The lowest BCUT2D eigenvalue weighted by atomic mass is 10.3. The van der Waals surface area contributed by atoms with Gasteiger partial charge in [-0.2, -0.15) is 5.06 Å². The Morgan fingerprint density at radius 2 is 2.45 bits per heavy atom. The maximum atomic E-state index is 5.47. The molecule has 0 radical (unpaired) electrons. The molecule has 60 valence electrons. The fourth-order valence-corrected chi connectivity index (χ4v) is 1.58. The van der Waals surface area contributed by atoms with Crippen LogP contribution in [0.5, 0.6) is 0 Å². The summed E-state index contributed by atoms with van der Waals surface area (Å²) >= 11 is 1.75. The number of hydrogen-bond donors (Lipinski definition) is 0. The van der Waals surface area contributed by atoms with E-state index >= 15 is 0 Å². The molecule has 0 amide bonds. The van der Waals surface area contributed by atoms with Crippen LogP contribution in [0.2, 0.25) is 0 Å². The third-order valence-corrected chi connectivity index (χ3v) is 2.63. The quantitative estimate of drug-likeness (QED) is 0.685. The molecule has 0 aliphatic carbocycles. The van der Waals surface area contributed by atoms with Crippen LogP contribution in [-0.4, -0.2) is 18.2 Å². The second-order valence-electron chi connectivity index (χ2n) is 2.64. The van der Waals surface area contributed by atoms with E-state index in [-0.39, 0.29) is 0 Å². The second kappa shape index (κ2) is 3.34. The largest absolute Gasteiger partial charge is 0.293 e. The van der Waals surface area contributed by atoms with Crippen LogP contribution < -0.4 is 0 Å². The van der Waals surface area contributed by atoms with Gasteiger partial charge >= 0.3 is 0 Å². The van der Waals surface area contributed by atoms with Crippen molar-refractivity contribution in [2.24, 2.45) is 0 Å². The van der Waals surface area contributed by atoms with Crippen LogP contribution in [0.3, 0.4) is 0 Å². The zero-order valence-corrected chi connectivity index (χ0v) is 7.14. The maximum Gasteiger partial charge on any atom is 0.103 e. The fraction of sp³-hybridized carbons (Fsp3) is 0.500. The highest BCUT2D eigenvalue weighted by molar-refractivity contribution is 7.09. The molecule has 1 fully saturated rings. The van der Waals surface area contributed by atoms with Gasteiger partial charge in [0.1, 0.15) is 6.61 Å². The van der Waals surface area contributed by atoms with Gasteiger partial charge in [-0.05, 0) is 17.9 Å². The Hall–Kier alpha value is -0.380. The van der Waals surface area contributed by atoms with Crippen molar-refractivity contribution in [3.05, 3.63) is 22.4 Å². The molecule has 1 aliphatic heterocycles. The second-order valence-corrected chi connectivity index (χ2v) is 3.67. The van der Waals surface area contributed by atoms with E-state index < -0.39 is 0 Å². The van der Waals surface area contributed by atoms with Crippen molar-refractivity contribution in [1.82, 2.24) is 5.06 Å². The van der Waals surface area contributed by atoms with E-state index in [0.29, 0.717) is 0 Å². The predicted molar refractivity (Wildman–Crippen MR) is 45.3 cm³/mol. The summed E-state index contributed by atoms with van der Waals surface area (Å²) in [5, 5.41) is 4.09. The van der Waals surface area contributed by atoms with Gasteiger partial charge in [-0.25, -0.2) is 0 Å². The van der Waals surface area contributed by atoms with Crippen molar-refractivity contribution in [2.75, 3.05) is 13.1 Å². The highest BCUT2D eigenvalue weighted by Crippen LogP contribution is 2.13. The summed E-state index contributed by atoms with van der Waals surface area (Å²) in [4.78, 5) is 6.77. The van der Waals surface area contributed by atoms with Crippen molar-refractivity contribution in [2.45, 2.75) is 13.0 Å². The van der Waals surface area contributed by atoms with Gasteiger partial charge < -0.3 is 0 Å². The van der Waals surface area contributed by atoms with Crippen LogP contribution in [0.4, 0.5) is 0 Å². The summed E-state index contributed by atoms with van der Waals surface area (Å²) in [5.74, 6) is 0. The average Bonchev–Trinajstić information content (AvgIpc) is 2.36. The molecule has 0 N–H and O–H groups in total. The van der Waals surface area contributed by atoms with E-state index in [1.165, 1.54) is 11.3 Å². The first-order valence-electron chi connectivity index (χ1n) is 3.85. The predicted octanol–water partition coefficient (Wildman–Crippen LogP) is 1.89. The Morgan fingerprint density at radius 1 is 1.55 bits per heavy atom. The van der Waals surface area contributed by atoms with Crippen LogP contribution in [0, 0.1) is 0 Å². The van der Waals surface area contributed by atoms with Gasteiger partial charge in [0.25, 0.3) is 0 Å². The standard InChI is InChI=1S/C8H11NOS/c1-3-8(11-6-1)7-10-9-4-2-5-9/h1,3,6H,2,4-5,7H2. The van der Waals surface area contributed by atoms with Crippen molar-refractivity contribution in [3.63, 3.8) is 0 Å². The molecule has 0 saturated carbocycles. The zero-order valence-electron chi connectivity index (χ0n) is 6.32. The number of hydrogen-bond acceptors (Lipinski definition) is 3. The maximum absolute atomic E-state index is 5.47. The highest BCUT2D eigenvalue weighted by atomic mass is 32.1. The minimum atomic E-state index is 0.748. The average molecular weight is 169 g/mol. The first-order valence-corrected chi connectivity index (χ1v) is 4.73. The van der Waals surface area contributed by atoms with E-state index in [1.54, 1.807) is 11.3 Å². The minimum Gasteiger partial charge on any atom is -0.293 e. The Kier molecular flexibility index (Phi) is 2.21. The van der Waals surface area contributed by atoms with E-state index in [1.807, 2.05) is 5.06 Å². The Morgan fingerprint density at radius 3 is 3.00 bits per heavy atom. The summed E-state index contributed by atoms with van der Waals surface area (Å²) in [6.07, 6.45) is 1.28. The SMILES string of the molecule is c1csc(CON2CCC2)c1. The lowest BCUT2D eigenvalue weighted by Crippen LogP contribution is -2.36. The van der Waals surface area contributed by atoms with Crippen molar-refractivity contribution < 1.29 is 4.84 Å². The van der Waals surface area contributed by atoms with Gasteiger partial charge in [-0.3, -0.25) is 4.84 Å². The van der Waals surface area contributed by atoms with Crippen LogP contribution >= 0.6 is 11.3 Å². The van der Waals surface area contributed by atoms with Gasteiger partial charge in [0.05, 0.1) is 0 Å². The van der Waals surface area contributed by atoms with Gasteiger partial charge in [-0.1, -0.05) is 6.07 Å². The number of hydroxylamine groups is 2. The normalized spacial score (nSPS) is 18.2. The molecule has 2 nitrogen and oxygen atoms in total. The van der Waals surface area contributed by atoms with Crippen molar-refractivity contribution in [1.29, 1.82) is 0 Å². The number of thiophene rings is 1. The molecule has 3 heteroatoms. The van der Waals surface area contributed by atoms with Crippen LogP contribution in [0.15, 0.2) is 17.5 Å². The molecule has 11 heavy (non-hydrogen) atoms. The Bertz CT molecular complexity index is 206. The molecule has 1 aromatic heterocycles. The van der Waals surface area contributed by atoms with Gasteiger partial charge in [-0.15, -0.1) is 11.3 Å². The first kappa shape index (κ1) is 7.28. The Balaban J connectivity index is 1.74. The third kappa shape index (κ3) is 1.80. The molecular weight excluding hydrogens is 158 g/mol. The Labute approximate surface area is 70.4 Å².